The molecule has 0 radical (unpaired) electrons. The molecule has 0 aromatic heterocycles. The Morgan fingerprint density at radius 1 is 0.613 bits per heavy atom. The molecule has 2 heteroatoms. The quantitative estimate of drug-likeness (QED) is 0.369. The van der Waals surface area contributed by atoms with E-state index in [0.717, 1.165) is 28.0 Å². The van der Waals surface area contributed by atoms with Crippen LogP contribution < -0.4 is 0 Å². The second-order valence-electron chi connectivity index (χ2n) is 8.15. The van der Waals surface area contributed by atoms with E-state index >= 15 is 0 Å². The van der Waals surface area contributed by atoms with Crippen molar-refractivity contribution in [3.05, 3.63) is 143 Å². The van der Waals surface area contributed by atoms with Crippen LogP contribution in [-0.2, 0) is 10.5 Å². The zero-order valence-electron chi connectivity index (χ0n) is 17.8. The van der Waals surface area contributed by atoms with Crippen molar-refractivity contribution in [1.82, 2.24) is 0 Å². The number of rotatable bonds is 4. The van der Waals surface area contributed by atoms with Crippen molar-refractivity contribution in [2.45, 2.75) is 25.7 Å². The molecular formula is C29H25NO. The summed E-state index contributed by atoms with van der Waals surface area (Å²) in [7, 11) is 0. The van der Waals surface area contributed by atoms with Crippen LogP contribution in [0.3, 0.4) is 0 Å². The summed E-state index contributed by atoms with van der Waals surface area (Å²) in [5.41, 5.74) is 6.78. The van der Waals surface area contributed by atoms with Gasteiger partial charge in [0.1, 0.15) is 6.10 Å². The molecule has 152 valence electrons. The van der Waals surface area contributed by atoms with Crippen LogP contribution in [0.2, 0.25) is 0 Å². The highest BCUT2D eigenvalue weighted by Crippen LogP contribution is 2.46. The molecular weight excluding hydrogens is 378 g/mol. The average Bonchev–Trinajstić information content (AvgIpc) is 3.23. The first-order valence-corrected chi connectivity index (χ1v) is 10.7. The van der Waals surface area contributed by atoms with Crippen molar-refractivity contribution in [1.29, 1.82) is 0 Å². The normalized spacial score (nSPS) is 17.4. The zero-order valence-corrected chi connectivity index (χ0v) is 17.8. The van der Waals surface area contributed by atoms with Gasteiger partial charge in [0, 0.05) is 11.1 Å². The first kappa shape index (κ1) is 19.5. The molecule has 0 spiro atoms. The second-order valence-corrected chi connectivity index (χ2v) is 8.15. The van der Waals surface area contributed by atoms with Crippen molar-refractivity contribution in [3.63, 3.8) is 0 Å². The number of aliphatic imine (C=N–C) groups is 1. The maximum Gasteiger partial charge on any atom is 0.212 e. The summed E-state index contributed by atoms with van der Waals surface area (Å²) in [4.78, 5) is 5.33. The molecule has 4 aromatic rings. The van der Waals surface area contributed by atoms with Crippen molar-refractivity contribution < 1.29 is 4.74 Å². The van der Waals surface area contributed by atoms with Crippen molar-refractivity contribution >= 4 is 5.71 Å². The van der Waals surface area contributed by atoms with Gasteiger partial charge in [0.05, 0.1) is 5.71 Å². The van der Waals surface area contributed by atoms with Crippen molar-refractivity contribution in [2.24, 2.45) is 4.99 Å². The summed E-state index contributed by atoms with van der Waals surface area (Å²) in [6, 6.07) is 37.8. The van der Waals surface area contributed by atoms with Gasteiger partial charge in [-0.15, -0.1) is 0 Å². The highest BCUT2D eigenvalue weighted by molar-refractivity contribution is 6.05. The van der Waals surface area contributed by atoms with E-state index in [0.29, 0.717) is 0 Å². The fraction of sp³-hybridized carbons (Fsp3) is 0.138. The van der Waals surface area contributed by atoms with E-state index in [1.807, 2.05) is 36.4 Å². The lowest BCUT2D eigenvalue weighted by Crippen LogP contribution is -2.26. The molecule has 0 bridgehead atoms. The van der Waals surface area contributed by atoms with Crippen molar-refractivity contribution in [3.8, 4) is 0 Å². The molecule has 1 atom stereocenters. The van der Waals surface area contributed by atoms with E-state index in [1.165, 1.54) is 11.1 Å². The van der Waals surface area contributed by atoms with E-state index in [9.17, 15) is 0 Å². The van der Waals surface area contributed by atoms with Crippen molar-refractivity contribution in [2.75, 3.05) is 0 Å². The summed E-state index contributed by atoms with van der Waals surface area (Å²) in [5, 5.41) is 0. The van der Waals surface area contributed by atoms with Crippen LogP contribution in [0.15, 0.2) is 114 Å². The highest BCUT2D eigenvalue weighted by atomic mass is 16.5. The summed E-state index contributed by atoms with van der Waals surface area (Å²) >= 11 is 0. The number of hydrogen-bond donors (Lipinski definition) is 0. The van der Waals surface area contributed by atoms with E-state index in [1.54, 1.807) is 0 Å². The Balaban J connectivity index is 1.73. The molecule has 1 heterocycles. The number of benzene rings is 4. The van der Waals surface area contributed by atoms with Gasteiger partial charge in [-0.1, -0.05) is 120 Å². The molecule has 0 saturated heterocycles. The lowest BCUT2D eigenvalue weighted by Gasteiger charge is -2.28. The van der Waals surface area contributed by atoms with Crippen LogP contribution in [0, 0.1) is 13.8 Å². The molecule has 2 nitrogen and oxygen atoms in total. The van der Waals surface area contributed by atoms with Gasteiger partial charge in [0.25, 0.3) is 0 Å². The summed E-state index contributed by atoms with van der Waals surface area (Å²) in [6.07, 6.45) is -0.260. The predicted octanol–water partition coefficient (Wildman–Crippen LogP) is 6.77. The smallest absolute Gasteiger partial charge is 0.212 e. The minimum atomic E-state index is -0.891. The van der Waals surface area contributed by atoms with Gasteiger partial charge in [-0.2, -0.15) is 0 Å². The number of ether oxygens (including phenoxy) is 1. The molecule has 0 N–H and O–H groups in total. The third-order valence-corrected chi connectivity index (χ3v) is 5.87. The highest BCUT2D eigenvalue weighted by Gasteiger charge is 2.45. The number of nitrogens with zero attached hydrogens (tertiary/aromatic N) is 1. The zero-order chi connectivity index (χ0) is 21.3. The SMILES string of the molecule is Cc1ccc(C2=NC(c3ccccc3)(c3ccccc3)OC2c2ccc(C)cc2)cc1. The molecule has 4 aromatic carbocycles. The van der Waals surface area contributed by atoms with Crippen LogP contribution in [0.25, 0.3) is 0 Å². The molecule has 0 aliphatic carbocycles. The van der Waals surface area contributed by atoms with Gasteiger partial charge >= 0.3 is 0 Å². The first-order chi connectivity index (χ1) is 15.2. The predicted molar refractivity (Wildman–Crippen MR) is 126 cm³/mol. The standard InChI is InChI=1S/C29H25NO/c1-21-13-17-23(18-14-21)27-28(24-19-15-22(2)16-20-24)31-29(30-27,25-9-5-3-6-10-25)26-11-7-4-8-12-26/h3-20,28H,1-2H3. The maximum atomic E-state index is 6.94. The van der Waals surface area contributed by atoms with Crippen LogP contribution in [0.4, 0.5) is 0 Å². The third kappa shape index (κ3) is 3.60. The monoisotopic (exact) mass is 403 g/mol. The van der Waals surface area contributed by atoms with E-state index in [-0.39, 0.29) is 6.10 Å². The lowest BCUT2D eigenvalue weighted by molar-refractivity contribution is -0.0175. The summed E-state index contributed by atoms with van der Waals surface area (Å²) in [5.74, 6) is 0. The fourth-order valence-electron chi connectivity index (χ4n) is 4.15. The molecule has 1 unspecified atom stereocenters. The van der Waals surface area contributed by atoms with Gasteiger partial charge in [0.2, 0.25) is 5.72 Å². The summed E-state index contributed by atoms with van der Waals surface area (Å²) < 4.78 is 6.94. The minimum Gasteiger partial charge on any atom is -0.331 e. The van der Waals surface area contributed by atoms with Gasteiger partial charge < -0.3 is 4.74 Å². The molecule has 5 rings (SSSR count). The Labute approximate surface area is 183 Å². The molecule has 0 fully saturated rings. The molecule has 1 aliphatic heterocycles. The average molecular weight is 404 g/mol. The van der Waals surface area contributed by atoms with E-state index < -0.39 is 5.72 Å². The van der Waals surface area contributed by atoms with Gasteiger partial charge in [-0.3, -0.25) is 0 Å². The second kappa shape index (κ2) is 7.98. The van der Waals surface area contributed by atoms with Gasteiger partial charge in [-0.25, -0.2) is 4.99 Å². The number of hydrogen-bond acceptors (Lipinski definition) is 2. The molecule has 0 saturated carbocycles. The molecule has 0 amide bonds. The Bertz CT molecular complexity index is 1150. The van der Waals surface area contributed by atoms with Crippen LogP contribution >= 0.6 is 0 Å². The Kier molecular flexibility index (Phi) is 5.01. The first-order valence-electron chi connectivity index (χ1n) is 10.7. The Morgan fingerprint density at radius 3 is 1.61 bits per heavy atom. The van der Waals surface area contributed by atoms with Gasteiger partial charge in [-0.05, 0) is 25.0 Å². The van der Waals surface area contributed by atoms with E-state index in [4.69, 9.17) is 9.73 Å². The van der Waals surface area contributed by atoms with Crippen LogP contribution in [-0.4, -0.2) is 5.71 Å². The van der Waals surface area contributed by atoms with Crippen LogP contribution in [0.5, 0.6) is 0 Å². The largest absolute Gasteiger partial charge is 0.331 e. The third-order valence-electron chi connectivity index (χ3n) is 5.87. The molecule has 31 heavy (non-hydrogen) atoms. The van der Waals surface area contributed by atoms with Crippen LogP contribution in [0.1, 0.15) is 39.5 Å². The summed E-state index contributed by atoms with van der Waals surface area (Å²) in [6.45, 7) is 4.21. The Morgan fingerprint density at radius 2 is 1.10 bits per heavy atom. The lowest BCUT2D eigenvalue weighted by atomic mass is 9.95. The maximum absolute atomic E-state index is 6.94. The molecule has 1 aliphatic rings. The topological polar surface area (TPSA) is 21.6 Å². The minimum absolute atomic E-state index is 0.260. The Hall–Kier alpha value is -3.49. The van der Waals surface area contributed by atoms with E-state index in [2.05, 4.69) is 86.6 Å². The van der Waals surface area contributed by atoms with Gasteiger partial charge in [0.15, 0.2) is 0 Å². The fourth-order valence-corrected chi connectivity index (χ4v) is 4.15. The number of aryl methyl sites for hydroxylation is 2.